The maximum atomic E-state index is 12.7. The van der Waals surface area contributed by atoms with Crippen LogP contribution in [0, 0.1) is 0 Å². The van der Waals surface area contributed by atoms with Crippen LogP contribution in [0.3, 0.4) is 0 Å². The van der Waals surface area contributed by atoms with Crippen molar-refractivity contribution < 1.29 is 14.3 Å². The summed E-state index contributed by atoms with van der Waals surface area (Å²) in [5.41, 5.74) is 1.06. The van der Waals surface area contributed by atoms with E-state index in [1.165, 1.54) is 0 Å². The summed E-state index contributed by atoms with van der Waals surface area (Å²) in [5, 5.41) is 6.01. The summed E-state index contributed by atoms with van der Waals surface area (Å²) in [6.45, 7) is -0.152. The molecule has 1 aliphatic rings. The van der Waals surface area contributed by atoms with Crippen molar-refractivity contribution in [1.82, 2.24) is 20.6 Å². The highest BCUT2D eigenvalue weighted by Gasteiger charge is 2.35. The summed E-state index contributed by atoms with van der Waals surface area (Å²) >= 11 is 0. The number of nitrogens with one attached hydrogen (secondary N) is 3. The van der Waals surface area contributed by atoms with Crippen molar-refractivity contribution >= 4 is 22.7 Å². The molecule has 0 radical (unpaired) electrons. The third kappa shape index (κ3) is 3.63. The molecule has 142 valence electrons. The first-order valence-electron chi connectivity index (χ1n) is 8.83. The number of morpholine rings is 1. The Morgan fingerprint density at radius 2 is 1.86 bits per heavy atom. The van der Waals surface area contributed by atoms with Crippen molar-refractivity contribution in [3.8, 4) is 0 Å². The predicted molar refractivity (Wildman–Crippen MR) is 101 cm³/mol. The van der Waals surface area contributed by atoms with Crippen molar-refractivity contribution in [2.24, 2.45) is 0 Å². The van der Waals surface area contributed by atoms with Gasteiger partial charge in [0, 0.05) is 0 Å². The Labute approximate surface area is 159 Å². The molecular formula is C20H18N4O4. The van der Waals surface area contributed by atoms with E-state index in [4.69, 9.17) is 4.74 Å². The van der Waals surface area contributed by atoms with Gasteiger partial charge in [0.05, 0.1) is 23.5 Å². The maximum Gasteiger partial charge on any atom is 0.258 e. The van der Waals surface area contributed by atoms with Gasteiger partial charge in [-0.2, -0.15) is 0 Å². The smallest absolute Gasteiger partial charge is 0.258 e. The summed E-state index contributed by atoms with van der Waals surface area (Å²) in [6.07, 6.45) is -0.882. The topological polar surface area (TPSA) is 113 Å². The Bertz CT molecular complexity index is 1080. The number of amides is 2. The molecule has 0 spiro atoms. The molecule has 8 heteroatoms. The van der Waals surface area contributed by atoms with E-state index in [0.29, 0.717) is 16.7 Å². The van der Waals surface area contributed by atoms with Crippen LogP contribution in [-0.2, 0) is 20.9 Å². The highest BCUT2D eigenvalue weighted by Crippen LogP contribution is 2.22. The zero-order valence-electron chi connectivity index (χ0n) is 14.8. The van der Waals surface area contributed by atoms with Crippen LogP contribution in [0.1, 0.15) is 17.4 Å². The minimum Gasteiger partial charge on any atom is -0.356 e. The molecule has 28 heavy (non-hydrogen) atoms. The average Bonchev–Trinajstić information content (AvgIpc) is 2.72. The van der Waals surface area contributed by atoms with Gasteiger partial charge in [0.1, 0.15) is 12.4 Å². The van der Waals surface area contributed by atoms with Gasteiger partial charge in [-0.3, -0.25) is 14.4 Å². The summed E-state index contributed by atoms with van der Waals surface area (Å²) in [6, 6.07) is 15.5. The lowest BCUT2D eigenvalue weighted by atomic mass is 9.99. The van der Waals surface area contributed by atoms with E-state index in [0.717, 1.165) is 5.56 Å². The van der Waals surface area contributed by atoms with Crippen molar-refractivity contribution in [3.05, 3.63) is 76.3 Å². The molecule has 4 rings (SSSR count). The quantitative estimate of drug-likeness (QED) is 0.621. The highest BCUT2D eigenvalue weighted by molar-refractivity contribution is 5.86. The molecule has 1 saturated heterocycles. The lowest BCUT2D eigenvalue weighted by Gasteiger charge is -2.31. The molecule has 2 amide bonds. The Morgan fingerprint density at radius 3 is 2.68 bits per heavy atom. The van der Waals surface area contributed by atoms with Gasteiger partial charge in [0.25, 0.3) is 11.5 Å². The lowest BCUT2D eigenvalue weighted by Crippen LogP contribution is -2.52. The molecule has 0 unspecified atom stereocenters. The van der Waals surface area contributed by atoms with Crippen molar-refractivity contribution in [2.75, 3.05) is 6.61 Å². The maximum absolute atomic E-state index is 12.7. The second-order valence-electron chi connectivity index (χ2n) is 6.44. The Balaban J connectivity index is 1.51. The molecule has 3 N–H and O–H groups in total. The second-order valence-corrected chi connectivity index (χ2v) is 6.44. The lowest BCUT2D eigenvalue weighted by molar-refractivity contribution is -0.148. The average molecular weight is 378 g/mol. The van der Waals surface area contributed by atoms with Crippen LogP contribution in [0.15, 0.2) is 59.4 Å². The molecule has 0 aliphatic carbocycles. The zero-order valence-corrected chi connectivity index (χ0v) is 14.8. The van der Waals surface area contributed by atoms with Gasteiger partial charge in [-0.1, -0.05) is 42.5 Å². The number of H-pyrrole nitrogens is 1. The summed E-state index contributed by atoms with van der Waals surface area (Å²) in [7, 11) is 0. The number of ether oxygens (including phenoxy) is 1. The van der Waals surface area contributed by atoms with Crippen LogP contribution in [0.4, 0.5) is 0 Å². The first kappa shape index (κ1) is 17.9. The van der Waals surface area contributed by atoms with Gasteiger partial charge in [-0.15, -0.1) is 0 Å². The van der Waals surface area contributed by atoms with Gasteiger partial charge < -0.3 is 20.4 Å². The molecule has 3 aromatic rings. The van der Waals surface area contributed by atoms with Crippen molar-refractivity contribution in [1.29, 1.82) is 0 Å². The fraction of sp³-hybridized carbons (Fsp3) is 0.200. The van der Waals surface area contributed by atoms with Gasteiger partial charge >= 0.3 is 0 Å². The first-order valence-corrected chi connectivity index (χ1v) is 8.83. The fourth-order valence-electron chi connectivity index (χ4n) is 3.19. The number of hydrogen-bond donors (Lipinski definition) is 3. The van der Waals surface area contributed by atoms with Crippen LogP contribution in [0.5, 0.6) is 0 Å². The molecule has 0 bridgehead atoms. The van der Waals surface area contributed by atoms with Crippen LogP contribution in [-0.4, -0.2) is 34.5 Å². The Hall–Kier alpha value is -3.52. The fourth-order valence-corrected chi connectivity index (χ4v) is 3.19. The van der Waals surface area contributed by atoms with Crippen LogP contribution >= 0.6 is 0 Å². The number of rotatable bonds is 4. The third-order valence-electron chi connectivity index (χ3n) is 4.52. The zero-order chi connectivity index (χ0) is 19.5. The number of carbonyl (C=O) groups excluding carboxylic acids is 2. The van der Waals surface area contributed by atoms with E-state index in [-0.39, 0.29) is 24.6 Å². The normalized spacial score (nSPS) is 19.2. The largest absolute Gasteiger partial charge is 0.356 e. The monoisotopic (exact) mass is 378 g/mol. The number of aromatic nitrogens is 2. The molecule has 2 heterocycles. The molecule has 1 fully saturated rings. The summed E-state index contributed by atoms with van der Waals surface area (Å²) < 4.78 is 5.49. The first-order chi connectivity index (χ1) is 13.6. The number of fused-ring (bicyclic) bond motifs is 1. The molecule has 1 aromatic heterocycles. The predicted octanol–water partition coefficient (Wildman–Crippen LogP) is 0.796. The molecule has 2 atom stereocenters. The van der Waals surface area contributed by atoms with Gasteiger partial charge in [0.2, 0.25) is 5.91 Å². The van der Waals surface area contributed by atoms with Gasteiger partial charge in [-0.05, 0) is 17.7 Å². The van der Waals surface area contributed by atoms with E-state index < -0.39 is 18.1 Å². The number of aromatic amines is 1. The number of carbonyl (C=O) groups is 2. The van der Waals surface area contributed by atoms with E-state index in [9.17, 15) is 14.4 Å². The molecule has 8 nitrogen and oxygen atoms in total. The highest BCUT2D eigenvalue weighted by atomic mass is 16.5. The number of para-hydroxylation sites is 1. The van der Waals surface area contributed by atoms with E-state index in [1.54, 1.807) is 24.3 Å². The summed E-state index contributed by atoms with van der Waals surface area (Å²) in [5.74, 6) is -0.337. The summed E-state index contributed by atoms with van der Waals surface area (Å²) in [4.78, 5) is 43.6. The number of hydrogen-bond acceptors (Lipinski definition) is 5. The van der Waals surface area contributed by atoms with Crippen LogP contribution in [0.2, 0.25) is 0 Å². The standard InChI is InChI=1S/C20H18N4O4/c25-16-11-28-18(17(24-16)12-6-2-1-3-7-12)20(27)21-10-15-22-14-9-5-4-8-13(14)19(26)23-15/h1-9,17-18H,10-11H2,(H,21,27)(H,24,25)(H,22,23,26)/t17-,18+/m1/s1. The van der Waals surface area contributed by atoms with E-state index >= 15 is 0 Å². The minimum absolute atomic E-state index is 0.0359. The van der Waals surface area contributed by atoms with E-state index in [1.807, 2.05) is 30.3 Å². The molecule has 2 aromatic carbocycles. The van der Waals surface area contributed by atoms with Crippen molar-refractivity contribution in [3.63, 3.8) is 0 Å². The Morgan fingerprint density at radius 1 is 1.11 bits per heavy atom. The minimum atomic E-state index is -0.882. The Kier molecular flexibility index (Phi) is 4.86. The second kappa shape index (κ2) is 7.61. The van der Waals surface area contributed by atoms with E-state index in [2.05, 4.69) is 20.6 Å². The van der Waals surface area contributed by atoms with Gasteiger partial charge in [0.15, 0.2) is 6.10 Å². The van der Waals surface area contributed by atoms with Gasteiger partial charge in [-0.25, -0.2) is 4.98 Å². The van der Waals surface area contributed by atoms with Crippen LogP contribution in [0.25, 0.3) is 10.9 Å². The third-order valence-corrected chi connectivity index (χ3v) is 4.52. The van der Waals surface area contributed by atoms with Crippen molar-refractivity contribution in [2.45, 2.75) is 18.7 Å². The number of benzene rings is 2. The molecular weight excluding hydrogens is 360 g/mol. The molecule has 0 saturated carbocycles. The van der Waals surface area contributed by atoms with Crippen LogP contribution < -0.4 is 16.2 Å². The molecule has 1 aliphatic heterocycles. The number of nitrogens with zero attached hydrogens (tertiary/aromatic N) is 1. The SMILES string of the molecule is O=C1CO[C@H](C(=O)NCc2nc3ccccc3c(=O)[nH]2)[C@@H](c2ccccc2)N1.